The molecule has 0 saturated carbocycles. The third-order valence-electron chi connectivity index (χ3n) is 3.98. The Kier molecular flexibility index (Phi) is 6.62. The average Bonchev–Trinajstić information content (AvgIpc) is 2.88. The lowest BCUT2D eigenvalue weighted by Gasteiger charge is -2.26. The zero-order valence-electron chi connectivity index (χ0n) is 12.0. The molecule has 0 aromatic heterocycles. The summed E-state index contributed by atoms with van der Waals surface area (Å²) in [6, 6.07) is 2.41. The van der Waals surface area contributed by atoms with Crippen LogP contribution >= 0.6 is 0 Å². The zero-order valence-corrected chi connectivity index (χ0v) is 12.0. The first-order valence-corrected chi connectivity index (χ1v) is 7.06. The first-order valence-electron chi connectivity index (χ1n) is 7.06. The van der Waals surface area contributed by atoms with Crippen LogP contribution in [0.25, 0.3) is 0 Å². The number of nitriles is 1. The Bertz CT molecular complexity index is 265. The van der Waals surface area contributed by atoms with Crippen molar-refractivity contribution in [3.63, 3.8) is 0 Å². The van der Waals surface area contributed by atoms with Gasteiger partial charge in [-0.15, -0.1) is 0 Å². The van der Waals surface area contributed by atoms with Gasteiger partial charge in [-0.05, 0) is 52.7 Å². The van der Waals surface area contributed by atoms with Gasteiger partial charge >= 0.3 is 0 Å². The van der Waals surface area contributed by atoms with Crippen LogP contribution in [-0.2, 0) is 4.74 Å². The van der Waals surface area contributed by atoms with Crippen molar-refractivity contribution in [2.75, 3.05) is 33.8 Å². The average molecular weight is 253 g/mol. The Morgan fingerprint density at radius 1 is 1.56 bits per heavy atom. The lowest BCUT2D eigenvalue weighted by atomic mass is 9.92. The molecule has 0 bridgehead atoms. The molecule has 18 heavy (non-hydrogen) atoms. The molecule has 0 spiro atoms. The molecule has 0 radical (unpaired) electrons. The van der Waals surface area contributed by atoms with Crippen LogP contribution in [0.1, 0.15) is 39.0 Å². The van der Waals surface area contributed by atoms with Gasteiger partial charge in [0, 0.05) is 13.2 Å². The van der Waals surface area contributed by atoms with Crippen molar-refractivity contribution in [2.45, 2.75) is 50.7 Å². The second kappa shape index (κ2) is 7.73. The van der Waals surface area contributed by atoms with Gasteiger partial charge in [0.15, 0.2) is 0 Å². The van der Waals surface area contributed by atoms with Gasteiger partial charge in [0.25, 0.3) is 0 Å². The number of rotatable bonds is 8. The molecule has 4 nitrogen and oxygen atoms in total. The molecule has 1 rings (SSSR count). The highest BCUT2D eigenvalue weighted by Gasteiger charge is 2.25. The molecule has 1 aliphatic rings. The predicted octanol–water partition coefficient (Wildman–Crippen LogP) is 1.77. The quantitative estimate of drug-likeness (QED) is 0.716. The van der Waals surface area contributed by atoms with Crippen molar-refractivity contribution < 1.29 is 4.74 Å². The second-order valence-corrected chi connectivity index (χ2v) is 5.30. The molecule has 0 amide bonds. The molecular weight excluding hydrogens is 226 g/mol. The lowest BCUT2D eigenvalue weighted by Crippen LogP contribution is -2.41. The van der Waals surface area contributed by atoms with Crippen molar-refractivity contribution in [1.29, 1.82) is 5.26 Å². The van der Waals surface area contributed by atoms with Crippen LogP contribution in [0.15, 0.2) is 0 Å². The van der Waals surface area contributed by atoms with E-state index >= 15 is 0 Å². The van der Waals surface area contributed by atoms with E-state index in [1.54, 1.807) is 0 Å². The molecule has 0 aromatic rings. The Morgan fingerprint density at radius 3 is 2.83 bits per heavy atom. The number of hydrogen-bond donors (Lipinski definition) is 1. The van der Waals surface area contributed by atoms with Gasteiger partial charge in [-0.1, -0.05) is 6.92 Å². The topological polar surface area (TPSA) is 48.3 Å². The van der Waals surface area contributed by atoms with Crippen LogP contribution in [0.5, 0.6) is 0 Å². The second-order valence-electron chi connectivity index (χ2n) is 5.30. The Balaban J connectivity index is 2.21. The highest BCUT2D eigenvalue weighted by atomic mass is 16.5. The minimum atomic E-state index is -0.343. The van der Waals surface area contributed by atoms with Crippen LogP contribution in [-0.4, -0.2) is 50.3 Å². The van der Waals surface area contributed by atoms with Crippen molar-refractivity contribution in [3.8, 4) is 6.07 Å². The van der Waals surface area contributed by atoms with E-state index in [9.17, 15) is 5.26 Å². The molecule has 1 fully saturated rings. The standard InChI is InChI=1S/C14H27N3O/c1-4-14(12-15,16-2)8-6-9-17(3)11-13-7-5-10-18-13/h13,16H,4-11H2,1-3H3. The van der Waals surface area contributed by atoms with E-state index in [4.69, 9.17) is 4.74 Å². The normalized spacial score (nSPS) is 22.9. The number of nitrogens with one attached hydrogen (secondary N) is 1. The lowest BCUT2D eigenvalue weighted by molar-refractivity contribution is 0.0803. The smallest absolute Gasteiger partial charge is 0.106 e. The van der Waals surface area contributed by atoms with Gasteiger partial charge < -0.3 is 15.0 Å². The summed E-state index contributed by atoms with van der Waals surface area (Å²) < 4.78 is 5.63. The minimum absolute atomic E-state index is 0.343. The van der Waals surface area contributed by atoms with Gasteiger partial charge in [-0.2, -0.15) is 5.26 Å². The maximum atomic E-state index is 9.23. The van der Waals surface area contributed by atoms with Gasteiger partial charge in [-0.3, -0.25) is 0 Å². The largest absolute Gasteiger partial charge is 0.377 e. The highest BCUT2D eigenvalue weighted by Crippen LogP contribution is 2.17. The molecular formula is C14H27N3O. The van der Waals surface area contributed by atoms with E-state index in [0.717, 1.165) is 39.0 Å². The molecule has 2 unspecified atom stereocenters. The Hall–Kier alpha value is -0.630. The maximum Gasteiger partial charge on any atom is 0.106 e. The molecule has 4 heteroatoms. The summed E-state index contributed by atoms with van der Waals surface area (Å²) in [4.78, 5) is 2.32. The molecule has 1 aliphatic heterocycles. The highest BCUT2D eigenvalue weighted by molar-refractivity contribution is 5.05. The molecule has 1 saturated heterocycles. The summed E-state index contributed by atoms with van der Waals surface area (Å²) in [5.74, 6) is 0. The van der Waals surface area contributed by atoms with Crippen LogP contribution in [0.2, 0.25) is 0 Å². The van der Waals surface area contributed by atoms with E-state index in [0.29, 0.717) is 6.10 Å². The summed E-state index contributed by atoms with van der Waals surface area (Å²) in [6.07, 6.45) is 5.63. The molecule has 1 N–H and O–H groups in total. The van der Waals surface area contributed by atoms with E-state index in [1.807, 2.05) is 7.05 Å². The van der Waals surface area contributed by atoms with Crippen LogP contribution in [0, 0.1) is 11.3 Å². The van der Waals surface area contributed by atoms with Crippen molar-refractivity contribution in [3.05, 3.63) is 0 Å². The fourth-order valence-electron chi connectivity index (χ4n) is 2.55. The SMILES string of the molecule is CCC(C#N)(CCCN(C)CC1CCCO1)NC. The first-order chi connectivity index (χ1) is 8.65. The van der Waals surface area contributed by atoms with Crippen molar-refractivity contribution in [2.24, 2.45) is 0 Å². The molecule has 0 aromatic carbocycles. The third kappa shape index (κ3) is 4.56. The third-order valence-corrected chi connectivity index (χ3v) is 3.98. The van der Waals surface area contributed by atoms with Gasteiger partial charge in [0.05, 0.1) is 12.2 Å². The summed E-state index contributed by atoms with van der Waals surface area (Å²) in [6.45, 7) is 5.04. The molecule has 1 heterocycles. The zero-order chi connectivity index (χ0) is 13.4. The van der Waals surface area contributed by atoms with E-state index in [1.165, 1.54) is 12.8 Å². The molecule has 2 atom stereocenters. The van der Waals surface area contributed by atoms with Crippen molar-refractivity contribution >= 4 is 0 Å². The molecule has 104 valence electrons. The number of hydrogen-bond acceptors (Lipinski definition) is 4. The molecule has 0 aliphatic carbocycles. The monoisotopic (exact) mass is 253 g/mol. The van der Waals surface area contributed by atoms with Gasteiger partial charge in [0.2, 0.25) is 0 Å². The van der Waals surface area contributed by atoms with Gasteiger partial charge in [-0.25, -0.2) is 0 Å². The van der Waals surface area contributed by atoms with E-state index < -0.39 is 0 Å². The fraction of sp³-hybridized carbons (Fsp3) is 0.929. The number of nitrogens with zero attached hydrogens (tertiary/aromatic N) is 2. The van der Waals surface area contributed by atoms with Crippen LogP contribution in [0.4, 0.5) is 0 Å². The summed E-state index contributed by atoms with van der Waals surface area (Å²) >= 11 is 0. The minimum Gasteiger partial charge on any atom is -0.377 e. The van der Waals surface area contributed by atoms with E-state index in [2.05, 4.69) is 30.3 Å². The van der Waals surface area contributed by atoms with E-state index in [-0.39, 0.29) is 5.54 Å². The fourth-order valence-corrected chi connectivity index (χ4v) is 2.55. The first kappa shape index (κ1) is 15.4. The maximum absolute atomic E-state index is 9.23. The van der Waals surface area contributed by atoms with Crippen LogP contribution in [0.3, 0.4) is 0 Å². The summed E-state index contributed by atoms with van der Waals surface area (Å²) in [7, 11) is 4.02. The predicted molar refractivity (Wildman–Crippen MR) is 73.4 cm³/mol. The Morgan fingerprint density at radius 2 is 2.33 bits per heavy atom. The van der Waals surface area contributed by atoms with Gasteiger partial charge in [0.1, 0.15) is 5.54 Å². The Labute approximate surface area is 111 Å². The van der Waals surface area contributed by atoms with Crippen LogP contribution < -0.4 is 5.32 Å². The summed E-state index contributed by atoms with van der Waals surface area (Å²) in [5.41, 5.74) is -0.343. The van der Waals surface area contributed by atoms with Crippen molar-refractivity contribution in [1.82, 2.24) is 10.2 Å². The number of ether oxygens (including phenoxy) is 1. The summed E-state index contributed by atoms with van der Waals surface area (Å²) in [5, 5.41) is 12.4. The number of likely N-dealkylation sites (N-methyl/N-ethyl adjacent to an activating group) is 1.